The van der Waals surface area contributed by atoms with Gasteiger partial charge in [-0.1, -0.05) is 23.7 Å². The number of aromatic nitrogens is 3. The number of hydrogen-bond donors (Lipinski definition) is 2. The zero-order valence-corrected chi connectivity index (χ0v) is 11.9. The predicted molar refractivity (Wildman–Crippen MR) is 79.6 cm³/mol. The lowest BCUT2D eigenvalue weighted by atomic mass is 9.99. The molecule has 0 aliphatic carbocycles. The van der Waals surface area contributed by atoms with Crippen molar-refractivity contribution in [2.24, 2.45) is 0 Å². The molecule has 3 rings (SSSR count). The van der Waals surface area contributed by atoms with Gasteiger partial charge in [-0.25, -0.2) is 9.78 Å². The van der Waals surface area contributed by atoms with Gasteiger partial charge in [0.1, 0.15) is 24.1 Å². The molecule has 0 amide bonds. The molecule has 2 aromatic heterocycles. The summed E-state index contributed by atoms with van der Waals surface area (Å²) in [5.74, 6) is 2.32. The van der Waals surface area contributed by atoms with Gasteiger partial charge >= 0.3 is 0 Å². The Labute approximate surface area is 130 Å². The van der Waals surface area contributed by atoms with E-state index in [0.717, 1.165) is 0 Å². The van der Waals surface area contributed by atoms with Crippen LogP contribution >= 0.6 is 11.6 Å². The van der Waals surface area contributed by atoms with E-state index in [1.807, 2.05) is 0 Å². The van der Waals surface area contributed by atoms with Gasteiger partial charge in [0.25, 0.3) is 0 Å². The van der Waals surface area contributed by atoms with Crippen LogP contribution in [-0.2, 0) is 4.79 Å². The number of benzene rings is 1. The molecule has 7 heteroatoms. The van der Waals surface area contributed by atoms with Crippen molar-refractivity contribution in [2.45, 2.75) is 6.10 Å². The van der Waals surface area contributed by atoms with E-state index >= 15 is 0 Å². The van der Waals surface area contributed by atoms with E-state index < -0.39 is 6.10 Å². The maximum Gasteiger partial charge on any atom is 0.158 e. The molecule has 110 valence electrons. The molecule has 0 saturated heterocycles. The Morgan fingerprint density at radius 3 is 2.95 bits per heavy atom. The monoisotopic (exact) mass is 315 g/mol. The van der Waals surface area contributed by atoms with Crippen LogP contribution in [0.3, 0.4) is 0 Å². The number of aliphatic hydroxyl groups is 1. The molecule has 2 N–H and O–H groups in total. The number of rotatable bonds is 4. The van der Waals surface area contributed by atoms with Crippen LogP contribution in [0.1, 0.15) is 17.5 Å². The summed E-state index contributed by atoms with van der Waals surface area (Å²) in [6.45, 7) is 0. The molecule has 1 unspecified atom stereocenters. The number of hydrogen-bond acceptors (Lipinski definition) is 5. The highest BCUT2D eigenvalue weighted by Crippen LogP contribution is 2.35. The lowest BCUT2D eigenvalue weighted by Crippen LogP contribution is -2.04. The van der Waals surface area contributed by atoms with Crippen LogP contribution in [-0.4, -0.2) is 26.2 Å². The molecular formula is C15H10ClN3O3. The summed E-state index contributed by atoms with van der Waals surface area (Å²) in [7, 11) is 0. The van der Waals surface area contributed by atoms with Crippen LogP contribution in [0.25, 0.3) is 16.9 Å². The van der Waals surface area contributed by atoms with E-state index in [2.05, 4.69) is 15.2 Å². The lowest BCUT2D eigenvalue weighted by molar-refractivity contribution is 0.229. The van der Waals surface area contributed by atoms with Gasteiger partial charge in [0.05, 0.1) is 11.8 Å². The standard InChI is InChI=1S/C15H10ClN3O3/c16-10-3-1-2-9(6-10)14-11(4-5-22-14)12(7-20)13(21)15-17-8-18-19-15/h1-6,8,13,21H,(H,17,18,19). The van der Waals surface area contributed by atoms with Gasteiger partial charge in [0.15, 0.2) is 5.82 Å². The van der Waals surface area contributed by atoms with Crippen molar-refractivity contribution in [1.82, 2.24) is 15.2 Å². The third-order valence-electron chi connectivity index (χ3n) is 3.12. The van der Waals surface area contributed by atoms with E-state index in [1.54, 1.807) is 36.3 Å². The summed E-state index contributed by atoms with van der Waals surface area (Å²) >= 11 is 5.97. The van der Waals surface area contributed by atoms with Crippen molar-refractivity contribution in [3.05, 3.63) is 59.3 Å². The zero-order chi connectivity index (χ0) is 15.5. The fourth-order valence-electron chi connectivity index (χ4n) is 2.12. The number of aliphatic hydroxyl groups excluding tert-OH is 1. The number of furan rings is 1. The maximum absolute atomic E-state index is 11.3. The predicted octanol–water partition coefficient (Wildman–Crippen LogP) is 2.67. The lowest BCUT2D eigenvalue weighted by Gasteiger charge is -2.09. The summed E-state index contributed by atoms with van der Waals surface area (Å²) < 4.78 is 5.44. The van der Waals surface area contributed by atoms with Crippen molar-refractivity contribution in [3.63, 3.8) is 0 Å². The Bertz CT molecular complexity index is 835. The first-order valence-corrected chi connectivity index (χ1v) is 6.70. The van der Waals surface area contributed by atoms with Crippen molar-refractivity contribution < 1.29 is 14.3 Å². The highest BCUT2D eigenvalue weighted by Gasteiger charge is 2.24. The van der Waals surface area contributed by atoms with Gasteiger partial charge in [0.2, 0.25) is 0 Å². The molecule has 2 heterocycles. The van der Waals surface area contributed by atoms with Crippen molar-refractivity contribution >= 4 is 23.1 Å². The third-order valence-corrected chi connectivity index (χ3v) is 3.35. The fourth-order valence-corrected chi connectivity index (χ4v) is 2.31. The highest BCUT2D eigenvalue weighted by atomic mass is 35.5. The minimum Gasteiger partial charge on any atom is -0.464 e. The number of nitrogens with zero attached hydrogens (tertiary/aromatic N) is 2. The average Bonchev–Trinajstić information content (AvgIpc) is 3.20. The van der Waals surface area contributed by atoms with Crippen LogP contribution in [0, 0.1) is 0 Å². The molecule has 0 saturated carbocycles. The van der Waals surface area contributed by atoms with E-state index in [9.17, 15) is 9.90 Å². The van der Waals surface area contributed by atoms with Crippen LogP contribution in [0.15, 0.2) is 47.3 Å². The molecule has 0 spiro atoms. The SMILES string of the molecule is O=C=C(c1ccoc1-c1cccc(Cl)c1)C(O)c1ncn[nH]1. The average molecular weight is 316 g/mol. The number of nitrogens with one attached hydrogen (secondary N) is 1. The summed E-state index contributed by atoms with van der Waals surface area (Å²) in [5.41, 5.74) is 1.10. The Kier molecular flexibility index (Phi) is 3.89. The second kappa shape index (κ2) is 5.99. The summed E-state index contributed by atoms with van der Waals surface area (Å²) in [6.07, 6.45) is 1.39. The summed E-state index contributed by atoms with van der Waals surface area (Å²) in [6, 6.07) is 8.56. The number of halogens is 1. The summed E-state index contributed by atoms with van der Waals surface area (Å²) in [4.78, 5) is 15.2. The smallest absolute Gasteiger partial charge is 0.158 e. The van der Waals surface area contributed by atoms with E-state index in [4.69, 9.17) is 16.0 Å². The van der Waals surface area contributed by atoms with Crippen LogP contribution < -0.4 is 0 Å². The molecule has 1 atom stereocenters. The summed E-state index contributed by atoms with van der Waals surface area (Å²) in [5, 5.41) is 17.0. The van der Waals surface area contributed by atoms with Gasteiger partial charge in [-0.3, -0.25) is 5.10 Å². The first kappa shape index (κ1) is 14.3. The van der Waals surface area contributed by atoms with Crippen LogP contribution in [0.2, 0.25) is 5.02 Å². The largest absolute Gasteiger partial charge is 0.464 e. The van der Waals surface area contributed by atoms with Gasteiger partial charge < -0.3 is 9.52 Å². The van der Waals surface area contributed by atoms with Gasteiger partial charge in [-0.2, -0.15) is 5.10 Å². The molecule has 0 radical (unpaired) electrons. The molecule has 0 bridgehead atoms. The van der Waals surface area contributed by atoms with E-state index in [-0.39, 0.29) is 11.4 Å². The Hall–Kier alpha value is -2.66. The van der Waals surface area contributed by atoms with Gasteiger partial charge in [-0.05, 0) is 18.2 Å². The minimum atomic E-state index is -1.28. The Balaban J connectivity index is 2.05. The number of H-pyrrole nitrogens is 1. The molecule has 0 fully saturated rings. The molecule has 3 aromatic rings. The van der Waals surface area contributed by atoms with Gasteiger partial charge in [0, 0.05) is 16.1 Å². The first-order valence-electron chi connectivity index (χ1n) is 6.33. The van der Waals surface area contributed by atoms with Crippen molar-refractivity contribution in [2.75, 3.05) is 0 Å². The molecule has 22 heavy (non-hydrogen) atoms. The first-order chi connectivity index (χ1) is 10.7. The normalized spacial score (nSPS) is 11.9. The van der Waals surface area contributed by atoms with Gasteiger partial charge in [-0.15, -0.1) is 0 Å². The third kappa shape index (κ3) is 2.58. The molecule has 0 aliphatic rings. The van der Waals surface area contributed by atoms with Crippen molar-refractivity contribution in [3.8, 4) is 11.3 Å². The maximum atomic E-state index is 11.3. The molecular weight excluding hydrogens is 306 g/mol. The second-order valence-corrected chi connectivity index (χ2v) is 4.90. The second-order valence-electron chi connectivity index (χ2n) is 4.46. The van der Waals surface area contributed by atoms with E-state index in [0.29, 0.717) is 21.9 Å². The number of carbonyl (C=O) groups excluding carboxylic acids is 1. The zero-order valence-electron chi connectivity index (χ0n) is 11.2. The molecule has 1 aromatic carbocycles. The molecule has 0 aliphatic heterocycles. The Morgan fingerprint density at radius 2 is 2.27 bits per heavy atom. The molecule has 6 nitrogen and oxygen atoms in total. The quantitative estimate of drug-likeness (QED) is 0.722. The Morgan fingerprint density at radius 1 is 1.41 bits per heavy atom. The highest BCUT2D eigenvalue weighted by molar-refractivity contribution is 6.30. The van der Waals surface area contributed by atoms with E-state index in [1.165, 1.54) is 12.6 Å². The fraction of sp³-hybridized carbons (Fsp3) is 0.0667. The number of aromatic amines is 1. The van der Waals surface area contributed by atoms with Crippen LogP contribution in [0.4, 0.5) is 0 Å². The van der Waals surface area contributed by atoms with Crippen LogP contribution in [0.5, 0.6) is 0 Å². The minimum absolute atomic E-state index is 0.000440. The topological polar surface area (TPSA) is 92.0 Å². The van der Waals surface area contributed by atoms with Crippen molar-refractivity contribution in [1.29, 1.82) is 0 Å².